The van der Waals surface area contributed by atoms with Crippen molar-refractivity contribution in [3.8, 4) is 0 Å². The molecule has 0 amide bonds. The van der Waals surface area contributed by atoms with Gasteiger partial charge in [-0.25, -0.2) is 0 Å². The molecule has 0 radical (unpaired) electrons. The lowest BCUT2D eigenvalue weighted by atomic mass is 10.0. The van der Waals surface area contributed by atoms with Gasteiger partial charge in [-0.15, -0.1) is 11.8 Å². The first-order valence-electron chi connectivity index (χ1n) is 6.79. The number of allylic oxidation sites excluding steroid dienone is 1. The molecule has 3 heteroatoms. The minimum absolute atomic E-state index is 0.0180. The Bertz CT molecular complexity index is 659. The molecule has 2 nitrogen and oxygen atoms in total. The Kier molecular flexibility index (Phi) is 5.23. The SMILES string of the molecule is CSc1ccc(N/C=C/C(=O)c2cc(C)ccc2C)cc1. The maximum Gasteiger partial charge on any atom is 0.187 e. The van der Waals surface area contributed by atoms with Crippen LogP contribution in [0.5, 0.6) is 0 Å². The van der Waals surface area contributed by atoms with E-state index in [1.165, 1.54) is 4.90 Å². The summed E-state index contributed by atoms with van der Waals surface area (Å²) < 4.78 is 0. The summed E-state index contributed by atoms with van der Waals surface area (Å²) in [6, 6.07) is 14.0. The number of carbonyl (C=O) groups is 1. The molecule has 0 fully saturated rings. The number of rotatable bonds is 5. The molecule has 0 saturated heterocycles. The van der Waals surface area contributed by atoms with Gasteiger partial charge in [0.2, 0.25) is 0 Å². The summed E-state index contributed by atoms with van der Waals surface area (Å²) >= 11 is 1.71. The van der Waals surface area contributed by atoms with Crippen LogP contribution in [0.2, 0.25) is 0 Å². The molecule has 0 saturated carbocycles. The third-order valence-electron chi connectivity index (χ3n) is 3.23. The molecule has 21 heavy (non-hydrogen) atoms. The van der Waals surface area contributed by atoms with Crippen molar-refractivity contribution in [2.24, 2.45) is 0 Å². The lowest BCUT2D eigenvalue weighted by Crippen LogP contribution is -1.99. The van der Waals surface area contributed by atoms with Gasteiger partial charge in [0.25, 0.3) is 0 Å². The Labute approximate surface area is 130 Å². The number of aryl methyl sites for hydroxylation is 2. The number of ketones is 1. The van der Waals surface area contributed by atoms with Crippen molar-refractivity contribution in [3.63, 3.8) is 0 Å². The highest BCUT2D eigenvalue weighted by atomic mass is 32.2. The van der Waals surface area contributed by atoms with Crippen molar-refractivity contribution in [2.75, 3.05) is 11.6 Å². The van der Waals surface area contributed by atoms with E-state index in [1.54, 1.807) is 24.0 Å². The number of carbonyl (C=O) groups excluding carboxylic acids is 1. The molecule has 0 aliphatic carbocycles. The second-order valence-corrected chi connectivity index (χ2v) is 5.77. The Balaban J connectivity index is 2.03. The zero-order chi connectivity index (χ0) is 15.2. The monoisotopic (exact) mass is 297 g/mol. The molecular formula is C18H19NOS. The summed E-state index contributed by atoms with van der Waals surface area (Å²) in [5.74, 6) is 0.0180. The van der Waals surface area contributed by atoms with Crippen LogP contribution < -0.4 is 5.32 Å². The van der Waals surface area contributed by atoms with Gasteiger partial charge in [0, 0.05) is 28.4 Å². The summed E-state index contributed by atoms with van der Waals surface area (Å²) in [5, 5.41) is 3.12. The molecule has 2 rings (SSSR count). The van der Waals surface area contributed by atoms with Crippen LogP contribution in [0.3, 0.4) is 0 Å². The number of benzene rings is 2. The lowest BCUT2D eigenvalue weighted by molar-refractivity contribution is 0.104. The van der Waals surface area contributed by atoms with E-state index in [1.807, 2.05) is 62.6 Å². The molecule has 0 aliphatic rings. The van der Waals surface area contributed by atoms with Crippen LogP contribution in [-0.2, 0) is 0 Å². The molecular weight excluding hydrogens is 278 g/mol. The van der Waals surface area contributed by atoms with Crippen LogP contribution in [0, 0.1) is 13.8 Å². The largest absolute Gasteiger partial charge is 0.362 e. The standard InChI is InChI=1S/C18H19NOS/c1-13-4-5-14(2)17(12-13)18(20)10-11-19-15-6-8-16(21-3)9-7-15/h4-12,19H,1-3H3/b11-10+. The molecule has 2 aromatic rings. The minimum Gasteiger partial charge on any atom is -0.362 e. The van der Waals surface area contributed by atoms with E-state index in [0.29, 0.717) is 0 Å². The highest BCUT2D eigenvalue weighted by molar-refractivity contribution is 7.98. The minimum atomic E-state index is 0.0180. The van der Waals surface area contributed by atoms with Gasteiger partial charge < -0.3 is 5.32 Å². The Morgan fingerprint density at radius 1 is 1.10 bits per heavy atom. The van der Waals surface area contributed by atoms with Gasteiger partial charge in [-0.05, 0) is 56.0 Å². The van der Waals surface area contributed by atoms with E-state index in [9.17, 15) is 4.79 Å². The average molecular weight is 297 g/mol. The van der Waals surface area contributed by atoms with Gasteiger partial charge in [-0.2, -0.15) is 0 Å². The van der Waals surface area contributed by atoms with E-state index >= 15 is 0 Å². The van der Waals surface area contributed by atoms with Crippen molar-refractivity contribution in [1.82, 2.24) is 0 Å². The quantitative estimate of drug-likeness (QED) is 0.487. The molecule has 0 atom stereocenters. The van der Waals surface area contributed by atoms with Crippen molar-refractivity contribution in [3.05, 3.63) is 71.4 Å². The summed E-state index contributed by atoms with van der Waals surface area (Å²) in [7, 11) is 0. The van der Waals surface area contributed by atoms with Gasteiger partial charge in [-0.1, -0.05) is 17.7 Å². The number of hydrogen-bond donors (Lipinski definition) is 1. The molecule has 1 N–H and O–H groups in total. The van der Waals surface area contributed by atoms with Crippen LogP contribution in [-0.4, -0.2) is 12.0 Å². The third kappa shape index (κ3) is 4.23. The van der Waals surface area contributed by atoms with Crippen LogP contribution in [0.4, 0.5) is 5.69 Å². The average Bonchev–Trinajstić information content (AvgIpc) is 2.50. The summed E-state index contributed by atoms with van der Waals surface area (Å²) in [5.41, 5.74) is 3.82. The van der Waals surface area contributed by atoms with Crippen molar-refractivity contribution in [1.29, 1.82) is 0 Å². The summed E-state index contributed by atoms with van der Waals surface area (Å²) in [4.78, 5) is 13.4. The van der Waals surface area contributed by atoms with Gasteiger partial charge >= 0.3 is 0 Å². The first kappa shape index (κ1) is 15.4. The fraction of sp³-hybridized carbons (Fsp3) is 0.167. The van der Waals surface area contributed by atoms with Crippen molar-refractivity contribution >= 4 is 23.2 Å². The van der Waals surface area contributed by atoms with Crippen LogP contribution in [0.25, 0.3) is 0 Å². The maximum atomic E-state index is 12.2. The Hall–Kier alpha value is -2.00. The van der Waals surface area contributed by atoms with E-state index in [0.717, 1.165) is 22.4 Å². The molecule has 108 valence electrons. The Morgan fingerprint density at radius 3 is 2.48 bits per heavy atom. The Morgan fingerprint density at radius 2 is 1.81 bits per heavy atom. The number of nitrogens with one attached hydrogen (secondary N) is 1. The van der Waals surface area contributed by atoms with Crippen LogP contribution >= 0.6 is 11.8 Å². The first-order valence-corrected chi connectivity index (χ1v) is 8.01. The van der Waals surface area contributed by atoms with Crippen molar-refractivity contribution < 1.29 is 4.79 Å². The number of thioether (sulfide) groups is 1. The van der Waals surface area contributed by atoms with E-state index in [4.69, 9.17) is 0 Å². The smallest absolute Gasteiger partial charge is 0.187 e. The second-order valence-electron chi connectivity index (χ2n) is 4.89. The third-order valence-corrected chi connectivity index (χ3v) is 3.98. The van der Waals surface area contributed by atoms with Crippen LogP contribution in [0.15, 0.2) is 59.6 Å². The molecule has 0 unspecified atom stereocenters. The molecule has 0 spiro atoms. The number of hydrogen-bond acceptors (Lipinski definition) is 3. The van der Waals surface area contributed by atoms with Crippen molar-refractivity contribution in [2.45, 2.75) is 18.7 Å². The maximum absolute atomic E-state index is 12.2. The molecule has 0 aliphatic heterocycles. The predicted molar refractivity (Wildman–Crippen MR) is 91.2 cm³/mol. The fourth-order valence-electron chi connectivity index (χ4n) is 1.99. The van der Waals surface area contributed by atoms with E-state index < -0.39 is 0 Å². The second kappa shape index (κ2) is 7.14. The summed E-state index contributed by atoms with van der Waals surface area (Å²) in [6.07, 6.45) is 5.31. The molecule has 2 aromatic carbocycles. The van der Waals surface area contributed by atoms with E-state index in [-0.39, 0.29) is 5.78 Å². The summed E-state index contributed by atoms with van der Waals surface area (Å²) in [6.45, 7) is 3.95. The predicted octanol–water partition coefficient (Wildman–Crippen LogP) is 4.83. The molecule has 0 aromatic heterocycles. The fourth-order valence-corrected chi connectivity index (χ4v) is 2.40. The molecule has 0 heterocycles. The molecule has 0 bridgehead atoms. The highest BCUT2D eigenvalue weighted by Crippen LogP contribution is 2.17. The lowest BCUT2D eigenvalue weighted by Gasteiger charge is -2.04. The normalized spacial score (nSPS) is 10.8. The van der Waals surface area contributed by atoms with E-state index in [2.05, 4.69) is 5.32 Å². The zero-order valence-electron chi connectivity index (χ0n) is 12.5. The first-order chi connectivity index (χ1) is 10.1. The number of anilines is 1. The van der Waals surface area contributed by atoms with Gasteiger partial charge in [0.15, 0.2) is 5.78 Å². The van der Waals surface area contributed by atoms with Crippen LogP contribution in [0.1, 0.15) is 21.5 Å². The highest BCUT2D eigenvalue weighted by Gasteiger charge is 2.05. The topological polar surface area (TPSA) is 29.1 Å². The van der Waals surface area contributed by atoms with Gasteiger partial charge in [0.1, 0.15) is 0 Å². The van der Waals surface area contributed by atoms with Gasteiger partial charge in [0.05, 0.1) is 0 Å². The zero-order valence-corrected chi connectivity index (χ0v) is 13.3. The van der Waals surface area contributed by atoms with Gasteiger partial charge in [-0.3, -0.25) is 4.79 Å².